The summed E-state index contributed by atoms with van der Waals surface area (Å²) in [5, 5.41) is 8.06. The van der Waals surface area contributed by atoms with Crippen molar-refractivity contribution in [1.29, 1.82) is 5.41 Å². The molecule has 0 radical (unpaired) electrons. The molecule has 1 aromatic carbocycles. The summed E-state index contributed by atoms with van der Waals surface area (Å²) in [6.45, 7) is 1.73. The Hall–Kier alpha value is -2.76. The zero-order valence-corrected chi connectivity index (χ0v) is 12.2. The zero-order chi connectivity index (χ0) is 15.9. The Morgan fingerprint density at radius 1 is 1.32 bits per heavy atom. The number of anilines is 1. The number of carbonyl (C=O) groups is 1. The van der Waals surface area contributed by atoms with Crippen molar-refractivity contribution >= 4 is 17.6 Å². The van der Waals surface area contributed by atoms with Gasteiger partial charge < -0.3 is 4.90 Å². The normalized spacial score (nSPS) is 18.2. The first kappa shape index (κ1) is 14.2. The lowest BCUT2D eigenvalue weighted by molar-refractivity contribution is -0.125. The number of nitrogens with zero attached hydrogens (tertiary/aromatic N) is 3. The lowest BCUT2D eigenvalue weighted by Crippen LogP contribution is -2.33. The van der Waals surface area contributed by atoms with Gasteiger partial charge in [-0.25, -0.2) is 4.39 Å². The zero-order valence-electron chi connectivity index (χ0n) is 12.2. The third-order valence-electron chi connectivity index (χ3n) is 3.82. The van der Waals surface area contributed by atoms with Crippen molar-refractivity contribution in [1.82, 2.24) is 9.88 Å². The largest absolute Gasteiger partial charge is 0.300 e. The van der Waals surface area contributed by atoms with Gasteiger partial charge in [0.1, 0.15) is 11.9 Å². The molecule has 1 aliphatic rings. The molecule has 2 aromatic rings. The van der Waals surface area contributed by atoms with Crippen LogP contribution >= 0.6 is 0 Å². The van der Waals surface area contributed by atoms with Gasteiger partial charge in [-0.2, -0.15) is 0 Å². The van der Waals surface area contributed by atoms with Crippen LogP contribution in [0.4, 0.5) is 10.1 Å². The van der Waals surface area contributed by atoms with E-state index >= 15 is 0 Å². The fraction of sp³-hybridized carbons (Fsp3) is 0.188. The van der Waals surface area contributed by atoms with Gasteiger partial charge in [-0.3, -0.25) is 20.1 Å². The van der Waals surface area contributed by atoms with Crippen LogP contribution in [0.15, 0.2) is 42.7 Å². The van der Waals surface area contributed by atoms with E-state index in [9.17, 15) is 9.18 Å². The van der Waals surface area contributed by atoms with E-state index in [0.717, 1.165) is 0 Å². The molecule has 5 nitrogen and oxygen atoms in total. The van der Waals surface area contributed by atoms with Crippen LogP contribution in [0.2, 0.25) is 0 Å². The van der Waals surface area contributed by atoms with Gasteiger partial charge in [0.15, 0.2) is 0 Å². The van der Waals surface area contributed by atoms with Gasteiger partial charge in [-0.15, -0.1) is 0 Å². The van der Waals surface area contributed by atoms with Crippen molar-refractivity contribution in [2.24, 2.45) is 0 Å². The summed E-state index contributed by atoms with van der Waals surface area (Å²) in [5.41, 5.74) is 1.66. The van der Waals surface area contributed by atoms with Crippen LogP contribution in [-0.2, 0) is 4.79 Å². The molecule has 0 aliphatic carbocycles. The minimum atomic E-state index is -0.482. The van der Waals surface area contributed by atoms with Gasteiger partial charge in [0.05, 0.1) is 0 Å². The molecule has 1 saturated heterocycles. The monoisotopic (exact) mass is 298 g/mol. The fourth-order valence-corrected chi connectivity index (χ4v) is 2.59. The molecule has 0 saturated carbocycles. The number of hydrogen-bond donors (Lipinski definition) is 1. The van der Waals surface area contributed by atoms with Crippen LogP contribution in [0, 0.1) is 11.2 Å². The van der Waals surface area contributed by atoms with E-state index < -0.39 is 6.04 Å². The van der Waals surface area contributed by atoms with E-state index in [4.69, 9.17) is 5.41 Å². The first-order chi connectivity index (χ1) is 10.5. The summed E-state index contributed by atoms with van der Waals surface area (Å²) in [5.74, 6) is -0.437. The highest BCUT2D eigenvalue weighted by atomic mass is 19.1. The van der Waals surface area contributed by atoms with Gasteiger partial charge in [-0.1, -0.05) is 6.07 Å². The first-order valence-corrected chi connectivity index (χ1v) is 6.86. The Labute approximate surface area is 127 Å². The highest BCUT2D eigenvalue weighted by Gasteiger charge is 2.38. The molecule has 0 bridgehead atoms. The van der Waals surface area contributed by atoms with Gasteiger partial charge in [0.25, 0.3) is 5.91 Å². The predicted molar refractivity (Wildman–Crippen MR) is 82.1 cm³/mol. The smallest absolute Gasteiger partial charge is 0.251 e. The predicted octanol–water partition coefficient (Wildman–Crippen LogP) is 2.49. The molecule has 0 spiro atoms. The molecule has 112 valence electrons. The van der Waals surface area contributed by atoms with E-state index in [0.29, 0.717) is 16.8 Å². The number of benzene rings is 1. The number of pyridine rings is 1. The van der Waals surface area contributed by atoms with E-state index in [1.165, 1.54) is 11.0 Å². The average molecular weight is 298 g/mol. The van der Waals surface area contributed by atoms with Crippen LogP contribution in [0.1, 0.15) is 6.92 Å². The van der Waals surface area contributed by atoms with Gasteiger partial charge in [0, 0.05) is 36.3 Å². The molecule has 1 N–H and O–H groups in total. The molecule has 22 heavy (non-hydrogen) atoms. The third kappa shape index (κ3) is 2.13. The maximum atomic E-state index is 14.1. The fourth-order valence-electron chi connectivity index (χ4n) is 2.59. The second kappa shape index (κ2) is 5.22. The topological polar surface area (TPSA) is 60.3 Å². The number of likely N-dealkylation sites (N-methyl/N-ethyl adjacent to an activating group) is 1. The summed E-state index contributed by atoms with van der Waals surface area (Å²) in [6, 6.07) is 7.59. The Morgan fingerprint density at radius 2 is 2.09 bits per heavy atom. The van der Waals surface area contributed by atoms with Crippen molar-refractivity contribution in [3.63, 3.8) is 0 Å². The Bertz CT molecular complexity index is 747. The Morgan fingerprint density at radius 3 is 2.68 bits per heavy atom. The summed E-state index contributed by atoms with van der Waals surface area (Å²) in [4.78, 5) is 18.9. The molecule has 1 aromatic heterocycles. The molecule has 1 aliphatic heterocycles. The van der Waals surface area contributed by atoms with E-state index in [1.807, 2.05) is 0 Å². The minimum absolute atomic E-state index is 0.0845. The van der Waals surface area contributed by atoms with Crippen molar-refractivity contribution in [2.45, 2.75) is 13.0 Å². The second-order valence-electron chi connectivity index (χ2n) is 5.17. The molecule has 2 heterocycles. The van der Waals surface area contributed by atoms with Crippen LogP contribution in [-0.4, -0.2) is 34.8 Å². The van der Waals surface area contributed by atoms with Crippen molar-refractivity contribution < 1.29 is 9.18 Å². The highest BCUT2D eigenvalue weighted by molar-refractivity contribution is 6.14. The second-order valence-corrected chi connectivity index (χ2v) is 5.17. The number of carbonyl (C=O) groups excluding carboxylic acids is 1. The van der Waals surface area contributed by atoms with Crippen LogP contribution in [0.25, 0.3) is 11.1 Å². The maximum Gasteiger partial charge on any atom is 0.251 e. The molecule has 1 fully saturated rings. The van der Waals surface area contributed by atoms with E-state index in [-0.39, 0.29) is 17.7 Å². The summed E-state index contributed by atoms with van der Waals surface area (Å²) in [6.07, 6.45) is 3.20. The number of nitrogens with one attached hydrogen (secondary N) is 1. The molecule has 3 rings (SSSR count). The molecular formula is C16H15FN4O. The lowest BCUT2D eigenvalue weighted by atomic mass is 10.1. The third-order valence-corrected chi connectivity index (χ3v) is 3.82. The Kier molecular flexibility index (Phi) is 3.36. The molecule has 6 heteroatoms. The molecule has 1 amide bonds. The van der Waals surface area contributed by atoms with Crippen LogP contribution in [0.3, 0.4) is 0 Å². The standard InChI is InChI=1S/C16H15FN4O/c1-10-15(22)20(2)16(18)21(10)12-5-6-14(17)13(8-12)11-4-3-7-19-9-11/h3-10,18H,1-2H3. The van der Waals surface area contributed by atoms with Gasteiger partial charge >= 0.3 is 0 Å². The molecule has 1 atom stereocenters. The SMILES string of the molecule is CC1C(=O)N(C)C(=N)N1c1ccc(F)c(-c2cccnc2)c1. The lowest BCUT2D eigenvalue weighted by Gasteiger charge is -2.22. The summed E-state index contributed by atoms with van der Waals surface area (Å²) >= 11 is 0. The number of hydrogen-bond acceptors (Lipinski definition) is 3. The van der Waals surface area contributed by atoms with Crippen LogP contribution < -0.4 is 4.90 Å². The number of guanidine groups is 1. The van der Waals surface area contributed by atoms with Crippen molar-refractivity contribution in [3.8, 4) is 11.1 Å². The maximum absolute atomic E-state index is 14.1. The van der Waals surface area contributed by atoms with Crippen LogP contribution in [0.5, 0.6) is 0 Å². The summed E-state index contributed by atoms with van der Waals surface area (Å²) < 4.78 is 14.1. The molecule has 1 unspecified atom stereocenters. The first-order valence-electron chi connectivity index (χ1n) is 6.86. The highest BCUT2D eigenvalue weighted by Crippen LogP contribution is 2.30. The average Bonchev–Trinajstić information content (AvgIpc) is 2.73. The molecular weight excluding hydrogens is 283 g/mol. The van der Waals surface area contributed by atoms with Gasteiger partial charge in [-0.05, 0) is 31.2 Å². The van der Waals surface area contributed by atoms with Crippen molar-refractivity contribution in [2.75, 3.05) is 11.9 Å². The summed E-state index contributed by atoms with van der Waals surface area (Å²) in [7, 11) is 1.56. The van der Waals surface area contributed by atoms with Gasteiger partial charge in [0.2, 0.25) is 5.96 Å². The number of rotatable bonds is 2. The quantitative estimate of drug-likeness (QED) is 0.926. The van der Waals surface area contributed by atoms with E-state index in [1.54, 1.807) is 55.5 Å². The van der Waals surface area contributed by atoms with Crippen molar-refractivity contribution in [3.05, 3.63) is 48.5 Å². The number of amides is 1. The number of halogens is 1. The Balaban J connectivity index is 2.07. The minimum Gasteiger partial charge on any atom is -0.300 e. The van der Waals surface area contributed by atoms with E-state index in [2.05, 4.69) is 4.98 Å². The number of aromatic nitrogens is 1.